The van der Waals surface area contributed by atoms with E-state index in [9.17, 15) is 14.4 Å². The van der Waals surface area contributed by atoms with Crippen LogP contribution in [0.4, 0.5) is 0 Å². The van der Waals surface area contributed by atoms with E-state index in [1.807, 2.05) is 26.0 Å². The van der Waals surface area contributed by atoms with Crippen LogP contribution in [0.5, 0.6) is 0 Å². The van der Waals surface area contributed by atoms with Crippen LogP contribution in [0.2, 0.25) is 0 Å². The molecule has 0 fully saturated rings. The maximum absolute atomic E-state index is 11.8. The summed E-state index contributed by atoms with van der Waals surface area (Å²) in [6.45, 7) is 6.06. The maximum atomic E-state index is 11.8. The highest BCUT2D eigenvalue weighted by Crippen LogP contribution is 2.28. The Kier molecular flexibility index (Phi) is 10.3. The first-order valence-corrected chi connectivity index (χ1v) is 10.1. The Balaban J connectivity index is 2.22. The van der Waals surface area contributed by atoms with Crippen molar-refractivity contribution in [3.05, 3.63) is 27.7 Å². The number of thioether (sulfide) groups is 1. The highest BCUT2D eigenvalue weighted by Gasteiger charge is 2.10. The summed E-state index contributed by atoms with van der Waals surface area (Å²) in [4.78, 5) is 35.5. The molecule has 0 heterocycles. The predicted octanol–water partition coefficient (Wildman–Crippen LogP) is 3.16. The molecule has 144 valence electrons. The second-order valence-electron chi connectivity index (χ2n) is 5.57. The number of ether oxygens (including phenoxy) is 2. The Hall–Kier alpha value is -1.54. The molecule has 0 saturated heterocycles. The average Bonchev–Trinajstić information content (AvgIpc) is 2.59. The lowest BCUT2D eigenvalue weighted by molar-refractivity contribution is -0.145. The molecule has 0 aliphatic rings. The second-order valence-corrected chi connectivity index (χ2v) is 7.45. The Bertz CT molecular complexity index is 651. The van der Waals surface area contributed by atoms with Gasteiger partial charge in [0.05, 0.1) is 12.4 Å². The summed E-state index contributed by atoms with van der Waals surface area (Å²) < 4.78 is 10.8. The van der Waals surface area contributed by atoms with Crippen LogP contribution in [0, 0.1) is 13.8 Å². The molecule has 0 bridgehead atoms. The van der Waals surface area contributed by atoms with Gasteiger partial charge in [0.2, 0.25) is 0 Å². The van der Waals surface area contributed by atoms with Gasteiger partial charge in [-0.2, -0.15) is 0 Å². The molecule has 0 aliphatic heterocycles. The fourth-order valence-corrected chi connectivity index (χ4v) is 3.34. The molecule has 1 aromatic carbocycles. The van der Waals surface area contributed by atoms with Gasteiger partial charge in [0.1, 0.15) is 0 Å². The fourth-order valence-electron chi connectivity index (χ4n) is 1.98. The largest absolute Gasteiger partial charge is 0.466 e. The number of esters is 2. The first-order chi connectivity index (χ1) is 12.3. The van der Waals surface area contributed by atoms with Crippen molar-refractivity contribution >= 4 is 45.5 Å². The van der Waals surface area contributed by atoms with Gasteiger partial charge >= 0.3 is 11.9 Å². The normalized spacial score (nSPS) is 10.3. The van der Waals surface area contributed by atoms with E-state index in [0.29, 0.717) is 19.6 Å². The summed E-state index contributed by atoms with van der Waals surface area (Å²) in [6, 6.07) is 4.01. The van der Waals surface area contributed by atoms with Gasteiger partial charge in [0, 0.05) is 22.3 Å². The summed E-state index contributed by atoms with van der Waals surface area (Å²) in [5.74, 6) is -0.985. The molecule has 0 saturated carbocycles. The van der Waals surface area contributed by atoms with Crippen LogP contribution < -0.4 is 5.32 Å². The van der Waals surface area contributed by atoms with Gasteiger partial charge in [-0.1, -0.05) is 15.9 Å². The molecule has 0 atom stereocenters. The van der Waals surface area contributed by atoms with E-state index < -0.39 is 5.97 Å². The zero-order valence-electron chi connectivity index (χ0n) is 15.2. The van der Waals surface area contributed by atoms with Gasteiger partial charge in [0.25, 0.3) is 5.91 Å². The number of amides is 1. The van der Waals surface area contributed by atoms with Crippen LogP contribution in [0.15, 0.2) is 21.5 Å². The highest BCUT2D eigenvalue weighted by atomic mass is 79.9. The number of benzene rings is 1. The average molecular weight is 446 g/mol. The second kappa shape index (κ2) is 12.0. The number of carbonyl (C=O) groups excluding carboxylic acids is 3. The Morgan fingerprint density at radius 3 is 2.54 bits per heavy atom. The van der Waals surface area contributed by atoms with Gasteiger partial charge in [-0.15, -0.1) is 11.8 Å². The number of hydrogen-bond acceptors (Lipinski definition) is 6. The van der Waals surface area contributed by atoms with E-state index in [4.69, 9.17) is 9.47 Å². The van der Waals surface area contributed by atoms with E-state index in [2.05, 4.69) is 21.2 Å². The molecule has 1 N–H and O–H groups in total. The zero-order valence-corrected chi connectivity index (χ0v) is 17.6. The van der Waals surface area contributed by atoms with Crippen LogP contribution in [0.25, 0.3) is 0 Å². The predicted molar refractivity (Wildman–Crippen MR) is 104 cm³/mol. The lowest BCUT2D eigenvalue weighted by Gasteiger charge is -2.09. The van der Waals surface area contributed by atoms with E-state index in [1.165, 1.54) is 11.8 Å². The van der Waals surface area contributed by atoms with E-state index in [1.54, 1.807) is 6.92 Å². The molecule has 8 heteroatoms. The lowest BCUT2D eigenvalue weighted by Crippen LogP contribution is -2.30. The SMILES string of the molecule is CCOC(=O)CCCNC(=O)COC(=O)CSc1cc(C)c(Br)cc1C. The number of halogens is 1. The van der Waals surface area contributed by atoms with Crippen molar-refractivity contribution < 1.29 is 23.9 Å². The molecule has 0 aromatic heterocycles. The molecule has 1 amide bonds. The molecule has 0 aliphatic carbocycles. The summed E-state index contributed by atoms with van der Waals surface area (Å²) in [5.41, 5.74) is 2.16. The quantitative estimate of drug-likeness (QED) is 0.338. The molecule has 0 radical (unpaired) electrons. The smallest absolute Gasteiger partial charge is 0.316 e. The molecule has 26 heavy (non-hydrogen) atoms. The summed E-state index contributed by atoms with van der Waals surface area (Å²) in [6.07, 6.45) is 0.729. The first-order valence-electron chi connectivity index (χ1n) is 8.31. The fraction of sp³-hybridized carbons (Fsp3) is 0.500. The third-order valence-electron chi connectivity index (χ3n) is 3.35. The first kappa shape index (κ1) is 22.5. The van der Waals surface area contributed by atoms with Crippen molar-refractivity contribution in [3.8, 4) is 0 Å². The highest BCUT2D eigenvalue weighted by molar-refractivity contribution is 9.10. The summed E-state index contributed by atoms with van der Waals surface area (Å²) >= 11 is 4.85. The van der Waals surface area contributed by atoms with Crippen molar-refractivity contribution in [2.75, 3.05) is 25.5 Å². The molecular formula is C18H24BrNO5S. The molecule has 1 rings (SSSR count). The van der Waals surface area contributed by atoms with Gasteiger partial charge in [-0.05, 0) is 50.5 Å². The van der Waals surface area contributed by atoms with Crippen molar-refractivity contribution in [1.29, 1.82) is 0 Å². The zero-order chi connectivity index (χ0) is 19.5. The van der Waals surface area contributed by atoms with E-state index >= 15 is 0 Å². The van der Waals surface area contributed by atoms with Crippen molar-refractivity contribution in [1.82, 2.24) is 5.32 Å². The third kappa shape index (κ3) is 8.71. The van der Waals surface area contributed by atoms with E-state index in [-0.39, 0.29) is 30.7 Å². The molecule has 0 unspecified atom stereocenters. The minimum absolute atomic E-state index is 0.137. The Morgan fingerprint density at radius 2 is 1.85 bits per heavy atom. The number of aryl methyl sites for hydroxylation is 2. The maximum Gasteiger partial charge on any atom is 0.316 e. The van der Waals surface area contributed by atoms with E-state index in [0.717, 1.165) is 20.5 Å². The van der Waals surface area contributed by atoms with Crippen LogP contribution in [0.1, 0.15) is 30.9 Å². The number of carbonyl (C=O) groups is 3. The Morgan fingerprint density at radius 1 is 1.12 bits per heavy atom. The number of hydrogen-bond donors (Lipinski definition) is 1. The lowest BCUT2D eigenvalue weighted by atomic mass is 10.2. The minimum atomic E-state index is -0.448. The number of rotatable bonds is 10. The Labute approximate surface area is 166 Å². The van der Waals surface area contributed by atoms with Gasteiger partial charge < -0.3 is 14.8 Å². The van der Waals surface area contributed by atoms with Crippen LogP contribution >= 0.6 is 27.7 Å². The third-order valence-corrected chi connectivity index (χ3v) is 5.34. The standard InChI is InChI=1S/C18H24BrNO5S/c1-4-24-17(22)6-5-7-20-16(21)10-25-18(23)11-26-15-9-12(2)14(19)8-13(15)3/h8-9H,4-7,10-11H2,1-3H3,(H,20,21). The van der Waals surface area contributed by atoms with Crippen LogP contribution in [-0.4, -0.2) is 43.4 Å². The minimum Gasteiger partial charge on any atom is -0.466 e. The topological polar surface area (TPSA) is 81.7 Å². The van der Waals surface area contributed by atoms with Gasteiger partial charge in [-0.3, -0.25) is 14.4 Å². The van der Waals surface area contributed by atoms with Crippen molar-refractivity contribution in [2.45, 2.75) is 38.5 Å². The summed E-state index contributed by atoms with van der Waals surface area (Å²) in [5, 5.41) is 2.60. The van der Waals surface area contributed by atoms with Gasteiger partial charge in [-0.25, -0.2) is 0 Å². The molecular weight excluding hydrogens is 422 g/mol. The number of nitrogens with one attached hydrogen (secondary N) is 1. The van der Waals surface area contributed by atoms with Gasteiger partial charge in [0.15, 0.2) is 6.61 Å². The van der Waals surface area contributed by atoms with Crippen LogP contribution in [-0.2, 0) is 23.9 Å². The summed E-state index contributed by atoms with van der Waals surface area (Å²) in [7, 11) is 0. The molecule has 6 nitrogen and oxygen atoms in total. The van der Waals surface area contributed by atoms with Crippen molar-refractivity contribution in [2.24, 2.45) is 0 Å². The van der Waals surface area contributed by atoms with Crippen LogP contribution in [0.3, 0.4) is 0 Å². The van der Waals surface area contributed by atoms with Crippen molar-refractivity contribution in [3.63, 3.8) is 0 Å². The molecule has 0 spiro atoms. The molecule has 1 aromatic rings. The monoisotopic (exact) mass is 445 g/mol.